The van der Waals surface area contributed by atoms with Gasteiger partial charge in [-0.05, 0) is 18.2 Å². The summed E-state index contributed by atoms with van der Waals surface area (Å²) in [4.78, 5) is 36.6. The summed E-state index contributed by atoms with van der Waals surface area (Å²) in [6, 6.07) is 4.81. The summed E-state index contributed by atoms with van der Waals surface area (Å²) in [5, 5.41) is 0. The smallest absolute Gasteiger partial charge is 0.232 e. The Morgan fingerprint density at radius 2 is 2.05 bits per heavy atom. The third-order valence-electron chi connectivity index (χ3n) is 3.47. The van der Waals surface area contributed by atoms with E-state index in [9.17, 15) is 14.4 Å². The van der Waals surface area contributed by atoms with Crippen molar-refractivity contribution in [2.45, 2.75) is 13.3 Å². The molecule has 1 fully saturated rings. The molecule has 1 unspecified atom stereocenters. The molecule has 0 saturated carbocycles. The Balaban J connectivity index is 1.77. The highest BCUT2D eigenvalue weighted by Crippen LogP contribution is 2.32. The summed E-state index contributed by atoms with van der Waals surface area (Å²) in [6.45, 7) is 1.60. The van der Waals surface area contributed by atoms with Crippen LogP contribution in [-0.4, -0.2) is 35.8 Å². The predicted molar refractivity (Wildman–Crippen MR) is 67.4 cm³/mol. The lowest BCUT2D eigenvalue weighted by Crippen LogP contribution is -2.35. The monoisotopic (exact) mass is 275 g/mol. The van der Waals surface area contributed by atoms with Gasteiger partial charge in [0.15, 0.2) is 17.3 Å². The molecule has 2 amide bonds. The van der Waals surface area contributed by atoms with Crippen LogP contribution in [0.25, 0.3) is 0 Å². The Hall–Kier alpha value is -2.37. The summed E-state index contributed by atoms with van der Waals surface area (Å²) in [5.74, 6) is -0.126. The van der Waals surface area contributed by atoms with Crippen molar-refractivity contribution in [3.63, 3.8) is 0 Å². The molecule has 1 aromatic rings. The van der Waals surface area contributed by atoms with Gasteiger partial charge in [0, 0.05) is 17.9 Å². The summed E-state index contributed by atoms with van der Waals surface area (Å²) in [6.07, 6.45) is 0.174. The van der Waals surface area contributed by atoms with Crippen LogP contribution in [0.3, 0.4) is 0 Å². The molecule has 1 aromatic carbocycles. The first kappa shape index (κ1) is 12.7. The number of carbonyl (C=O) groups excluding carboxylic acids is 3. The fourth-order valence-electron chi connectivity index (χ4n) is 2.32. The predicted octanol–water partition coefficient (Wildman–Crippen LogP) is 0.993. The van der Waals surface area contributed by atoms with Gasteiger partial charge in [-0.1, -0.05) is 6.92 Å². The van der Waals surface area contributed by atoms with E-state index in [0.29, 0.717) is 17.1 Å². The van der Waals surface area contributed by atoms with Crippen LogP contribution in [0, 0.1) is 5.92 Å². The van der Waals surface area contributed by atoms with Gasteiger partial charge in [0.2, 0.25) is 18.6 Å². The maximum atomic E-state index is 12.2. The summed E-state index contributed by atoms with van der Waals surface area (Å²) >= 11 is 0. The molecule has 6 heteroatoms. The Bertz CT molecular complexity index is 610. The van der Waals surface area contributed by atoms with Crippen LogP contribution >= 0.6 is 0 Å². The zero-order chi connectivity index (χ0) is 14.3. The molecular formula is C14H13NO5. The number of ether oxygens (including phenoxy) is 2. The SMILES string of the molecule is CC1CC(=O)N(CC(=O)c2ccc3c(c2)OCO3)C1=O. The maximum absolute atomic E-state index is 12.2. The highest BCUT2D eigenvalue weighted by atomic mass is 16.7. The molecule has 0 bridgehead atoms. The second-order valence-corrected chi connectivity index (χ2v) is 4.91. The average Bonchev–Trinajstić information content (AvgIpc) is 2.98. The van der Waals surface area contributed by atoms with E-state index in [4.69, 9.17) is 9.47 Å². The number of amides is 2. The number of nitrogens with zero attached hydrogens (tertiary/aromatic N) is 1. The van der Waals surface area contributed by atoms with Crippen molar-refractivity contribution < 1.29 is 23.9 Å². The molecule has 3 rings (SSSR count). The zero-order valence-electron chi connectivity index (χ0n) is 10.9. The number of hydrogen-bond donors (Lipinski definition) is 0. The number of rotatable bonds is 3. The van der Waals surface area contributed by atoms with Gasteiger partial charge in [0.05, 0.1) is 6.54 Å². The van der Waals surface area contributed by atoms with E-state index in [1.54, 1.807) is 25.1 Å². The van der Waals surface area contributed by atoms with Gasteiger partial charge >= 0.3 is 0 Å². The van der Waals surface area contributed by atoms with Crippen LogP contribution in [0.2, 0.25) is 0 Å². The Morgan fingerprint density at radius 1 is 1.30 bits per heavy atom. The van der Waals surface area contributed by atoms with Gasteiger partial charge in [-0.2, -0.15) is 0 Å². The van der Waals surface area contributed by atoms with Crippen molar-refractivity contribution in [2.24, 2.45) is 5.92 Å². The number of carbonyl (C=O) groups is 3. The number of Topliss-reactive ketones (excluding diaryl/α,β-unsaturated/α-hetero) is 1. The van der Waals surface area contributed by atoms with Crippen molar-refractivity contribution in [1.29, 1.82) is 0 Å². The van der Waals surface area contributed by atoms with Gasteiger partial charge in [-0.15, -0.1) is 0 Å². The van der Waals surface area contributed by atoms with Crippen molar-refractivity contribution in [2.75, 3.05) is 13.3 Å². The molecule has 6 nitrogen and oxygen atoms in total. The van der Waals surface area contributed by atoms with Gasteiger partial charge in [0.1, 0.15) is 0 Å². The molecule has 2 aliphatic heterocycles. The fourth-order valence-corrected chi connectivity index (χ4v) is 2.32. The molecular weight excluding hydrogens is 262 g/mol. The van der Waals surface area contributed by atoms with Gasteiger partial charge in [-0.3, -0.25) is 19.3 Å². The van der Waals surface area contributed by atoms with E-state index in [1.807, 2.05) is 0 Å². The quantitative estimate of drug-likeness (QED) is 0.607. The average molecular weight is 275 g/mol. The van der Waals surface area contributed by atoms with Crippen LogP contribution < -0.4 is 9.47 Å². The lowest BCUT2D eigenvalue weighted by atomic mass is 10.1. The zero-order valence-corrected chi connectivity index (χ0v) is 10.9. The molecule has 20 heavy (non-hydrogen) atoms. The van der Waals surface area contributed by atoms with Gasteiger partial charge in [-0.25, -0.2) is 0 Å². The van der Waals surface area contributed by atoms with Crippen molar-refractivity contribution >= 4 is 17.6 Å². The second-order valence-electron chi connectivity index (χ2n) is 4.91. The number of hydrogen-bond acceptors (Lipinski definition) is 5. The van der Waals surface area contributed by atoms with Crippen LogP contribution in [-0.2, 0) is 9.59 Å². The summed E-state index contributed by atoms with van der Waals surface area (Å²) < 4.78 is 10.4. The van der Waals surface area contributed by atoms with Crippen LogP contribution in [0.15, 0.2) is 18.2 Å². The van der Waals surface area contributed by atoms with Gasteiger partial charge < -0.3 is 9.47 Å². The fraction of sp³-hybridized carbons (Fsp3) is 0.357. The first-order chi connectivity index (χ1) is 9.56. The number of ketones is 1. The molecule has 0 aliphatic carbocycles. The highest BCUT2D eigenvalue weighted by Gasteiger charge is 2.36. The minimum atomic E-state index is -0.341. The van der Waals surface area contributed by atoms with E-state index >= 15 is 0 Å². The highest BCUT2D eigenvalue weighted by molar-refractivity contribution is 6.08. The van der Waals surface area contributed by atoms with Crippen molar-refractivity contribution in [1.82, 2.24) is 4.90 Å². The maximum Gasteiger partial charge on any atom is 0.232 e. The minimum absolute atomic E-state index is 0.133. The molecule has 2 heterocycles. The molecule has 0 radical (unpaired) electrons. The minimum Gasteiger partial charge on any atom is -0.454 e. The van der Waals surface area contributed by atoms with Crippen LogP contribution in [0.1, 0.15) is 23.7 Å². The number of benzene rings is 1. The molecule has 104 valence electrons. The Morgan fingerprint density at radius 3 is 2.75 bits per heavy atom. The third-order valence-corrected chi connectivity index (χ3v) is 3.47. The number of imide groups is 1. The van der Waals surface area contributed by atoms with Crippen LogP contribution in [0.4, 0.5) is 0 Å². The van der Waals surface area contributed by atoms with E-state index in [-0.39, 0.29) is 43.3 Å². The van der Waals surface area contributed by atoms with Gasteiger partial charge in [0.25, 0.3) is 0 Å². The molecule has 0 spiro atoms. The van der Waals surface area contributed by atoms with E-state index in [2.05, 4.69) is 0 Å². The molecule has 0 aromatic heterocycles. The lowest BCUT2D eigenvalue weighted by Gasteiger charge is -2.13. The number of likely N-dealkylation sites (tertiary alicyclic amines) is 1. The topological polar surface area (TPSA) is 72.9 Å². The summed E-state index contributed by atoms with van der Waals surface area (Å²) in [5.41, 5.74) is 0.398. The van der Waals surface area contributed by atoms with E-state index in [1.165, 1.54) is 0 Å². The van der Waals surface area contributed by atoms with Crippen molar-refractivity contribution in [3.8, 4) is 11.5 Å². The first-order valence-corrected chi connectivity index (χ1v) is 6.33. The first-order valence-electron chi connectivity index (χ1n) is 6.33. The number of fused-ring (bicyclic) bond motifs is 1. The second kappa shape index (κ2) is 4.63. The normalized spacial score (nSPS) is 20.6. The molecule has 0 N–H and O–H groups in total. The standard InChI is InChI=1S/C14H13NO5/c1-8-4-13(17)15(14(8)18)6-10(16)9-2-3-11-12(5-9)20-7-19-11/h2-3,5,8H,4,6-7H2,1H3. The summed E-state index contributed by atoms with van der Waals surface area (Å²) in [7, 11) is 0. The van der Waals surface area contributed by atoms with E-state index in [0.717, 1.165) is 4.90 Å². The van der Waals surface area contributed by atoms with Crippen LogP contribution in [0.5, 0.6) is 11.5 Å². The Labute approximate surface area is 115 Å². The third kappa shape index (κ3) is 2.03. The Kier molecular flexibility index (Phi) is 2.93. The molecule has 1 atom stereocenters. The molecule has 2 aliphatic rings. The largest absolute Gasteiger partial charge is 0.454 e. The molecule has 1 saturated heterocycles. The van der Waals surface area contributed by atoms with Crippen molar-refractivity contribution in [3.05, 3.63) is 23.8 Å². The lowest BCUT2D eigenvalue weighted by molar-refractivity contribution is -0.138. The van der Waals surface area contributed by atoms with E-state index < -0.39 is 0 Å².